The number of carbonyl (C=O) groups excluding carboxylic acids is 2. The number of anilines is 1. The Balaban J connectivity index is 1.33. The van der Waals surface area contributed by atoms with Crippen molar-refractivity contribution in [3.8, 4) is 5.75 Å². The average molecular weight is 528 g/mol. The van der Waals surface area contributed by atoms with Crippen LogP contribution in [0.25, 0.3) is 11.2 Å². The van der Waals surface area contributed by atoms with Crippen molar-refractivity contribution in [1.82, 2.24) is 30.2 Å². The first kappa shape index (κ1) is 27.1. The molecule has 0 bridgehead atoms. The van der Waals surface area contributed by atoms with Crippen molar-refractivity contribution in [2.75, 3.05) is 18.9 Å². The van der Waals surface area contributed by atoms with Crippen molar-refractivity contribution in [3.05, 3.63) is 42.5 Å². The Bertz CT molecular complexity index is 1270. The van der Waals surface area contributed by atoms with Crippen LogP contribution in [0.4, 0.5) is 10.6 Å². The number of benzene rings is 1. The highest BCUT2D eigenvalue weighted by atomic mass is 16.6. The number of aliphatic hydroxyl groups excluding tert-OH is 2. The lowest BCUT2D eigenvalue weighted by molar-refractivity contribution is -0.0323. The lowest BCUT2D eigenvalue weighted by Crippen LogP contribution is -2.53. The van der Waals surface area contributed by atoms with E-state index in [4.69, 9.17) is 15.2 Å². The number of hydrogen-bond donors (Lipinski definition) is 5. The number of nitrogens with one attached hydrogen (secondary N) is 2. The summed E-state index contributed by atoms with van der Waals surface area (Å²) in [6.45, 7) is 5.83. The van der Waals surface area contributed by atoms with Crippen molar-refractivity contribution in [2.45, 2.75) is 63.5 Å². The van der Waals surface area contributed by atoms with E-state index in [9.17, 15) is 19.8 Å². The molecule has 0 aliphatic heterocycles. The smallest absolute Gasteiger partial charge is 0.407 e. The van der Waals surface area contributed by atoms with E-state index in [1.165, 1.54) is 12.7 Å². The second-order valence-corrected chi connectivity index (χ2v) is 10.1. The fourth-order valence-corrected chi connectivity index (χ4v) is 4.34. The van der Waals surface area contributed by atoms with Gasteiger partial charge >= 0.3 is 6.09 Å². The number of nitrogens with zero attached hydrogens (tertiary/aromatic N) is 4. The van der Waals surface area contributed by atoms with Gasteiger partial charge in [0, 0.05) is 5.56 Å². The van der Waals surface area contributed by atoms with Gasteiger partial charge in [-0.2, -0.15) is 0 Å². The number of amides is 2. The molecule has 1 fully saturated rings. The number of alkyl carbamates (subject to hydrolysis) is 1. The molecule has 4 rings (SSSR count). The van der Waals surface area contributed by atoms with Gasteiger partial charge in [-0.25, -0.2) is 19.7 Å². The van der Waals surface area contributed by atoms with Crippen LogP contribution in [0.1, 0.15) is 50.0 Å². The van der Waals surface area contributed by atoms with Gasteiger partial charge in [-0.05, 0) is 57.9 Å². The first-order valence-electron chi connectivity index (χ1n) is 12.3. The molecule has 3 aromatic rings. The molecular formula is C25H33N7O6. The third-order valence-corrected chi connectivity index (χ3v) is 6.11. The third kappa shape index (κ3) is 6.29. The SMILES string of the molecule is CC(C)(C)OC(=O)NCCOc1ccc(C(=O)N[C@@H]2CC[C@H](O)[C@@H](n3cnc4c(N)ncnc43)[C@@H]2O)cc1. The van der Waals surface area contributed by atoms with Crippen molar-refractivity contribution in [1.29, 1.82) is 0 Å². The molecule has 0 saturated heterocycles. The lowest BCUT2D eigenvalue weighted by Gasteiger charge is -2.39. The van der Waals surface area contributed by atoms with E-state index < -0.39 is 36.0 Å². The number of rotatable bonds is 7. The van der Waals surface area contributed by atoms with Crippen LogP contribution in [-0.2, 0) is 4.74 Å². The maximum Gasteiger partial charge on any atom is 0.407 e. The number of aromatic nitrogens is 4. The molecule has 204 valence electrons. The maximum absolute atomic E-state index is 12.9. The van der Waals surface area contributed by atoms with E-state index in [0.717, 1.165) is 0 Å². The summed E-state index contributed by atoms with van der Waals surface area (Å²) in [7, 11) is 0. The second-order valence-electron chi connectivity index (χ2n) is 10.1. The maximum atomic E-state index is 12.9. The zero-order chi connectivity index (χ0) is 27.4. The topological polar surface area (TPSA) is 187 Å². The Morgan fingerprint density at radius 3 is 2.58 bits per heavy atom. The number of carbonyl (C=O) groups is 2. The number of aliphatic hydroxyl groups is 2. The second kappa shape index (κ2) is 11.2. The standard InChI is InChI=1S/C25H33N7O6/c1-25(2,3)38-24(36)27-10-11-37-15-6-4-14(5-7-15)23(35)31-16-8-9-17(33)19(20(16)34)32-13-30-18-21(26)28-12-29-22(18)32/h4-7,12-13,16-17,19-20,33-34H,8-11H2,1-3H3,(H,27,36)(H,31,35)(H2,26,28,29)/t16-,17+,19-,20-/m1/s1. The quantitative estimate of drug-likeness (QED) is 0.279. The number of nitrogen functional groups attached to an aromatic ring is 1. The van der Waals surface area contributed by atoms with Crippen LogP contribution in [0.2, 0.25) is 0 Å². The van der Waals surface area contributed by atoms with Crippen molar-refractivity contribution in [2.24, 2.45) is 0 Å². The van der Waals surface area contributed by atoms with E-state index in [1.54, 1.807) is 49.6 Å². The van der Waals surface area contributed by atoms with Gasteiger partial charge in [0.1, 0.15) is 29.8 Å². The first-order chi connectivity index (χ1) is 18.0. The fourth-order valence-electron chi connectivity index (χ4n) is 4.34. The Labute approximate surface area is 219 Å². The highest BCUT2D eigenvalue weighted by Crippen LogP contribution is 2.32. The first-order valence-corrected chi connectivity index (χ1v) is 12.3. The summed E-state index contributed by atoms with van der Waals surface area (Å²) in [6, 6.07) is 5.12. The van der Waals surface area contributed by atoms with Gasteiger partial charge in [0.15, 0.2) is 11.5 Å². The molecule has 2 aromatic heterocycles. The summed E-state index contributed by atoms with van der Waals surface area (Å²) in [4.78, 5) is 36.9. The number of fused-ring (bicyclic) bond motifs is 1. The van der Waals surface area contributed by atoms with Gasteiger partial charge in [0.25, 0.3) is 5.91 Å². The Morgan fingerprint density at radius 1 is 1.13 bits per heavy atom. The summed E-state index contributed by atoms with van der Waals surface area (Å²) in [5.74, 6) is 0.358. The molecule has 38 heavy (non-hydrogen) atoms. The molecule has 1 saturated carbocycles. The van der Waals surface area contributed by atoms with Crippen LogP contribution in [-0.4, -0.2) is 78.7 Å². The summed E-state index contributed by atoms with van der Waals surface area (Å²) in [6.07, 6.45) is 1.01. The summed E-state index contributed by atoms with van der Waals surface area (Å²) in [5, 5.41) is 27.2. The van der Waals surface area contributed by atoms with Gasteiger partial charge in [-0.15, -0.1) is 0 Å². The Kier molecular flexibility index (Phi) is 7.97. The minimum absolute atomic E-state index is 0.199. The van der Waals surface area contributed by atoms with Gasteiger partial charge < -0.3 is 40.6 Å². The molecule has 1 aromatic carbocycles. The van der Waals surface area contributed by atoms with Gasteiger partial charge in [0.05, 0.1) is 37.2 Å². The highest BCUT2D eigenvalue weighted by molar-refractivity contribution is 5.94. The molecule has 13 heteroatoms. The monoisotopic (exact) mass is 527 g/mol. The largest absolute Gasteiger partial charge is 0.492 e. The minimum Gasteiger partial charge on any atom is -0.492 e. The summed E-state index contributed by atoms with van der Waals surface area (Å²) < 4.78 is 12.3. The van der Waals surface area contributed by atoms with Crippen LogP contribution in [0.15, 0.2) is 36.9 Å². The molecule has 6 N–H and O–H groups in total. The van der Waals surface area contributed by atoms with Crippen molar-refractivity contribution >= 4 is 29.0 Å². The zero-order valence-corrected chi connectivity index (χ0v) is 21.5. The van der Waals surface area contributed by atoms with Crippen LogP contribution < -0.4 is 21.1 Å². The third-order valence-electron chi connectivity index (χ3n) is 6.11. The van der Waals surface area contributed by atoms with Gasteiger partial charge in [-0.3, -0.25) is 4.79 Å². The number of nitrogens with two attached hydrogens (primary N) is 1. The lowest BCUT2D eigenvalue weighted by atomic mass is 9.85. The molecule has 1 aliphatic carbocycles. The molecule has 13 nitrogen and oxygen atoms in total. The summed E-state index contributed by atoms with van der Waals surface area (Å²) >= 11 is 0. The highest BCUT2D eigenvalue weighted by Gasteiger charge is 2.40. The minimum atomic E-state index is -1.10. The van der Waals surface area contributed by atoms with E-state index >= 15 is 0 Å². The molecular weight excluding hydrogens is 494 g/mol. The van der Waals surface area contributed by atoms with E-state index in [1.807, 2.05) is 0 Å². The van der Waals surface area contributed by atoms with E-state index in [-0.39, 0.29) is 24.9 Å². The molecule has 1 aliphatic rings. The molecule has 2 heterocycles. The van der Waals surface area contributed by atoms with Crippen molar-refractivity contribution < 1.29 is 29.3 Å². The summed E-state index contributed by atoms with van der Waals surface area (Å²) in [5.41, 5.74) is 6.44. The molecule has 0 radical (unpaired) electrons. The molecule has 2 amide bonds. The fraction of sp³-hybridized carbons (Fsp3) is 0.480. The van der Waals surface area contributed by atoms with Gasteiger partial charge in [-0.1, -0.05) is 0 Å². The number of ether oxygens (including phenoxy) is 2. The number of hydrogen-bond acceptors (Lipinski definition) is 10. The van der Waals surface area contributed by atoms with Gasteiger partial charge in [0.2, 0.25) is 0 Å². The average Bonchev–Trinajstić information content (AvgIpc) is 3.28. The zero-order valence-electron chi connectivity index (χ0n) is 21.5. The predicted octanol–water partition coefficient (Wildman–Crippen LogP) is 1.17. The molecule has 4 atom stereocenters. The Hall–Kier alpha value is -3.97. The normalized spacial score (nSPS) is 21.6. The molecule has 0 unspecified atom stereocenters. The van der Waals surface area contributed by atoms with Crippen LogP contribution in [0, 0.1) is 0 Å². The number of imidazole rings is 1. The van der Waals surface area contributed by atoms with Crippen LogP contribution in [0.3, 0.4) is 0 Å². The Morgan fingerprint density at radius 2 is 1.87 bits per heavy atom. The van der Waals surface area contributed by atoms with E-state index in [2.05, 4.69) is 25.6 Å². The van der Waals surface area contributed by atoms with Crippen LogP contribution in [0.5, 0.6) is 5.75 Å². The molecule has 0 spiro atoms. The van der Waals surface area contributed by atoms with Crippen molar-refractivity contribution in [3.63, 3.8) is 0 Å². The van der Waals surface area contributed by atoms with E-state index in [0.29, 0.717) is 35.3 Å². The van der Waals surface area contributed by atoms with Crippen LogP contribution >= 0.6 is 0 Å². The predicted molar refractivity (Wildman–Crippen MR) is 137 cm³/mol.